The summed E-state index contributed by atoms with van der Waals surface area (Å²) in [7, 11) is 2.09. The first-order valence-corrected chi connectivity index (χ1v) is 8.01. The number of likely N-dealkylation sites (N-methyl/N-ethyl adjacent to an activating group) is 1. The minimum Gasteiger partial charge on any atom is -0.459 e. The zero-order valence-electron chi connectivity index (χ0n) is 12.3. The summed E-state index contributed by atoms with van der Waals surface area (Å²) in [5, 5.41) is 2.59. The molecule has 2 aromatic heterocycles. The Morgan fingerprint density at radius 3 is 2.90 bits per heavy atom. The summed E-state index contributed by atoms with van der Waals surface area (Å²) in [6.45, 7) is 5.42. The van der Waals surface area contributed by atoms with E-state index in [2.05, 4.69) is 16.9 Å². The van der Waals surface area contributed by atoms with E-state index in [1.54, 1.807) is 0 Å². The summed E-state index contributed by atoms with van der Waals surface area (Å²) in [6.07, 6.45) is 1.01. The molecule has 0 spiro atoms. The molecule has 1 fully saturated rings. The molecule has 1 aliphatic heterocycles. The molecule has 0 bridgehead atoms. The van der Waals surface area contributed by atoms with Gasteiger partial charge in [0.05, 0.1) is 0 Å². The van der Waals surface area contributed by atoms with Crippen LogP contribution in [0.1, 0.15) is 22.7 Å². The first-order chi connectivity index (χ1) is 10.1. The van der Waals surface area contributed by atoms with Gasteiger partial charge in [-0.15, -0.1) is 11.3 Å². The van der Waals surface area contributed by atoms with Gasteiger partial charge in [0.15, 0.2) is 10.8 Å². The molecule has 112 valence electrons. The smallest absolute Gasteiger partial charge is 0.273 e. The lowest BCUT2D eigenvalue weighted by molar-refractivity contribution is 0.0758. The highest BCUT2D eigenvalue weighted by Crippen LogP contribution is 2.26. The van der Waals surface area contributed by atoms with Gasteiger partial charge in [0.1, 0.15) is 11.5 Å². The van der Waals surface area contributed by atoms with E-state index in [4.69, 9.17) is 4.42 Å². The number of aryl methyl sites for hydroxylation is 1. The van der Waals surface area contributed by atoms with Crippen molar-refractivity contribution < 1.29 is 9.21 Å². The van der Waals surface area contributed by atoms with Crippen LogP contribution in [0.5, 0.6) is 0 Å². The first kappa shape index (κ1) is 14.3. The van der Waals surface area contributed by atoms with Crippen LogP contribution in [-0.4, -0.2) is 53.9 Å². The highest BCUT2D eigenvalue weighted by atomic mass is 32.1. The van der Waals surface area contributed by atoms with Crippen LogP contribution in [0, 0.1) is 6.92 Å². The van der Waals surface area contributed by atoms with Crippen LogP contribution in [0.3, 0.4) is 0 Å². The average Bonchev–Trinajstić information content (AvgIpc) is 3.05. The molecule has 0 aromatic carbocycles. The number of carbonyl (C=O) groups is 1. The van der Waals surface area contributed by atoms with E-state index < -0.39 is 0 Å². The number of amides is 1. The quantitative estimate of drug-likeness (QED) is 0.855. The minimum atomic E-state index is 0.0241. The molecule has 0 N–H and O–H groups in total. The summed E-state index contributed by atoms with van der Waals surface area (Å²) in [5.74, 6) is 1.60. The molecule has 0 radical (unpaired) electrons. The lowest BCUT2D eigenvalue weighted by Gasteiger charge is -2.19. The zero-order valence-corrected chi connectivity index (χ0v) is 13.2. The fourth-order valence-corrected chi connectivity index (χ4v) is 3.20. The molecule has 6 heteroatoms. The van der Waals surface area contributed by atoms with Crippen molar-refractivity contribution in [2.75, 3.05) is 33.2 Å². The van der Waals surface area contributed by atoms with Crippen LogP contribution < -0.4 is 0 Å². The van der Waals surface area contributed by atoms with Gasteiger partial charge in [0, 0.05) is 25.0 Å². The van der Waals surface area contributed by atoms with Crippen LogP contribution in [0.15, 0.2) is 21.9 Å². The highest BCUT2D eigenvalue weighted by Gasteiger charge is 2.21. The van der Waals surface area contributed by atoms with Gasteiger partial charge in [-0.25, -0.2) is 4.98 Å². The number of aromatic nitrogens is 1. The number of thiazole rings is 1. The number of furan rings is 1. The Bertz CT molecular complexity index is 634. The predicted molar refractivity (Wildman–Crippen MR) is 82.6 cm³/mol. The maximum atomic E-state index is 12.5. The number of hydrogen-bond acceptors (Lipinski definition) is 5. The van der Waals surface area contributed by atoms with Gasteiger partial charge in [-0.05, 0) is 39.1 Å². The van der Waals surface area contributed by atoms with Gasteiger partial charge in [-0.3, -0.25) is 4.79 Å². The van der Waals surface area contributed by atoms with Gasteiger partial charge in [0.25, 0.3) is 5.91 Å². The van der Waals surface area contributed by atoms with Crippen molar-refractivity contribution in [3.05, 3.63) is 29.0 Å². The molecule has 2 aromatic rings. The second-order valence-corrected chi connectivity index (χ2v) is 6.26. The zero-order chi connectivity index (χ0) is 14.8. The van der Waals surface area contributed by atoms with Crippen LogP contribution in [0.2, 0.25) is 0 Å². The molecular weight excluding hydrogens is 286 g/mol. The van der Waals surface area contributed by atoms with Crippen molar-refractivity contribution in [3.63, 3.8) is 0 Å². The van der Waals surface area contributed by atoms with Crippen LogP contribution in [0.25, 0.3) is 10.8 Å². The van der Waals surface area contributed by atoms with Crippen LogP contribution in [-0.2, 0) is 0 Å². The third-order valence-corrected chi connectivity index (χ3v) is 4.54. The molecule has 0 saturated carbocycles. The van der Waals surface area contributed by atoms with Gasteiger partial charge in [0.2, 0.25) is 0 Å². The molecular formula is C15H19N3O2S. The van der Waals surface area contributed by atoms with Crippen LogP contribution in [0.4, 0.5) is 0 Å². The van der Waals surface area contributed by atoms with E-state index in [0.717, 1.165) is 49.1 Å². The number of nitrogens with zero attached hydrogens (tertiary/aromatic N) is 3. The normalized spacial score (nSPS) is 17.0. The van der Waals surface area contributed by atoms with E-state index in [9.17, 15) is 4.79 Å². The predicted octanol–water partition coefficient (Wildman–Crippen LogP) is 2.49. The Hall–Kier alpha value is -1.66. The van der Waals surface area contributed by atoms with Crippen molar-refractivity contribution in [3.8, 4) is 10.8 Å². The second kappa shape index (κ2) is 5.99. The third-order valence-electron chi connectivity index (χ3n) is 3.68. The monoisotopic (exact) mass is 305 g/mol. The lowest BCUT2D eigenvalue weighted by atomic mass is 10.3. The molecule has 0 aliphatic carbocycles. The van der Waals surface area contributed by atoms with Crippen molar-refractivity contribution in [2.24, 2.45) is 0 Å². The van der Waals surface area contributed by atoms with Crippen molar-refractivity contribution in [1.82, 2.24) is 14.8 Å². The van der Waals surface area contributed by atoms with E-state index in [-0.39, 0.29) is 5.91 Å². The Morgan fingerprint density at radius 1 is 1.29 bits per heavy atom. The standard InChI is InChI=1S/C15H19N3O2S/c1-11-4-5-13(20-11)14-16-12(10-21-14)15(19)18-7-3-6-17(2)8-9-18/h4-5,10H,3,6-9H2,1-2H3. The molecule has 0 unspecified atom stereocenters. The Morgan fingerprint density at radius 2 is 2.14 bits per heavy atom. The molecule has 3 heterocycles. The largest absolute Gasteiger partial charge is 0.459 e. The topological polar surface area (TPSA) is 49.6 Å². The van der Waals surface area contributed by atoms with Gasteiger partial charge in [-0.1, -0.05) is 0 Å². The maximum absolute atomic E-state index is 12.5. The van der Waals surface area contributed by atoms with E-state index in [1.165, 1.54) is 11.3 Å². The molecule has 1 amide bonds. The molecule has 1 aliphatic rings. The minimum absolute atomic E-state index is 0.0241. The maximum Gasteiger partial charge on any atom is 0.273 e. The van der Waals surface area contributed by atoms with E-state index >= 15 is 0 Å². The molecule has 1 saturated heterocycles. The highest BCUT2D eigenvalue weighted by molar-refractivity contribution is 7.13. The van der Waals surface area contributed by atoms with Gasteiger partial charge < -0.3 is 14.2 Å². The van der Waals surface area contributed by atoms with Crippen molar-refractivity contribution in [1.29, 1.82) is 0 Å². The second-order valence-electron chi connectivity index (χ2n) is 5.40. The Labute approximate surface area is 128 Å². The van der Waals surface area contributed by atoms with E-state index in [0.29, 0.717) is 5.69 Å². The average molecular weight is 305 g/mol. The summed E-state index contributed by atoms with van der Waals surface area (Å²) in [5.41, 5.74) is 0.522. The summed E-state index contributed by atoms with van der Waals surface area (Å²) < 4.78 is 5.56. The SMILES string of the molecule is Cc1ccc(-c2nc(C(=O)N3CCCN(C)CC3)cs2)o1. The fourth-order valence-electron chi connectivity index (χ4n) is 2.45. The van der Waals surface area contributed by atoms with Crippen molar-refractivity contribution in [2.45, 2.75) is 13.3 Å². The number of hydrogen-bond donors (Lipinski definition) is 0. The van der Waals surface area contributed by atoms with Crippen molar-refractivity contribution >= 4 is 17.2 Å². The van der Waals surface area contributed by atoms with E-state index in [1.807, 2.05) is 29.3 Å². The number of rotatable bonds is 2. The third kappa shape index (κ3) is 3.16. The summed E-state index contributed by atoms with van der Waals surface area (Å²) in [4.78, 5) is 21.1. The Kier molecular flexibility index (Phi) is 4.07. The molecule has 3 rings (SSSR count). The number of carbonyl (C=O) groups excluding carboxylic acids is 1. The molecule has 5 nitrogen and oxygen atoms in total. The fraction of sp³-hybridized carbons (Fsp3) is 0.467. The first-order valence-electron chi connectivity index (χ1n) is 7.13. The molecule has 0 atom stereocenters. The summed E-state index contributed by atoms with van der Waals surface area (Å²) in [6, 6.07) is 3.80. The van der Waals surface area contributed by atoms with Gasteiger partial charge >= 0.3 is 0 Å². The van der Waals surface area contributed by atoms with Gasteiger partial charge in [-0.2, -0.15) is 0 Å². The molecule has 21 heavy (non-hydrogen) atoms. The Balaban J connectivity index is 1.74. The van der Waals surface area contributed by atoms with Crippen LogP contribution >= 0.6 is 11.3 Å². The lowest BCUT2D eigenvalue weighted by Crippen LogP contribution is -2.34. The summed E-state index contributed by atoms with van der Waals surface area (Å²) >= 11 is 1.45.